The summed E-state index contributed by atoms with van der Waals surface area (Å²) >= 11 is 0. The fourth-order valence-electron chi connectivity index (χ4n) is 2.89. The highest BCUT2D eigenvalue weighted by Crippen LogP contribution is 2.36. The van der Waals surface area contributed by atoms with Crippen LogP contribution in [0.15, 0.2) is 18.2 Å². The molecule has 0 amide bonds. The lowest BCUT2D eigenvalue weighted by Gasteiger charge is -2.28. The number of hydrogen-bond donors (Lipinski definition) is 1. The number of esters is 1. The Kier molecular flexibility index (Phi) is 5.92. The first-order valence-corrected chi connectivity index (χ1v) is 8.00. The number of benzene rings is 1. The molecule has 0 unspecified atom stereocenters. The Morgan fingerprint density at radius 1 is 1.20 bits per heavy atom. The van der Waals surface area contributed by atoms with Crippen LogP contribution in [0.5, 0.6) is 5.75 Å². The molecule has 1 aromatic carbocycles. The molecule has 0 saturated heterocycles. The van der Waals surface area contributed by atoms with Crippen molar-refractivity contribution in [1.29, 1.82) is 0 Å². The van der Waals surface area contributed by atoms with Gasteiger partial charge in [0.25, 0.3) is 0 Å². The summed E-state index contributed by atoms with van der Waals surface area (Å²) in [6.07, 6.45) is -2.97. The van der Waals surface area contributed by atoms with Crippen molar-refractivity contribution < 1.29 is 37.3 Å². The summed E-state index contributed by atoms with van der Waals surface area (Å²) in [5.41, 5.74) is -2.05. The normalized spacial score (nSPS) is 20.8. The number of carboxylic acids is 1. The Hall–Kier alpha value is -2.25. The van der Waals surface area contributed by atoms with Crippen LogP contribution in [0.3, 0.4) is 0 Å². The zero-order valence-electron chi connectivity index (χ0n) is 13.6. The second kappa shape index (κ2) is 7.76. The molecule has 5 nitrogen and oxygen atoms in total. The molecular weight excluding hydrogens is 341 g/mol. The predicted octanol–water partition coefficient (Wildman–Crippen LogP) is 3.90. The van der Waals surface area contributed by atoms with E-state index in [4.69, 9.17) is 14.6 Å². The van der Waals surface area contributed by atoms with Crippen LogP contribution in [0.1, 0.15) is 48.5 Å². The number of ether oxygens (including phenoxy) is 2. The molecule has 1 aliphatic carbocycles. The van der Waals surface area contributed by atoms with Crippen LogP contribution >= 0.6 is 0 Å². The fourth-order valence-corrected chi connectivity index (χ4v) is 2.89. The fraction of sp³-hybridized carbons (Fsp3) is 0.529. The van der Waals surface area contributed by atoms with Gasteiger partial charge in [0.15, 0.2) is 0 Å². The molecule has 1 aliphatic rings. The van der Waals surface area contributed by atoms with Crippen LogP contribution in [-0.4, -0.2) is 29.8 Å². The van der Waals surface area contributed by atoms with Crippen molar-refractivity contribution in [2.24, 2.45) is 5.92 Å². The van der Waals surface area contributed by atoms with E-state index >= 15 is 0 Å². The standard InChI is InChI=1S/C17H19F3O5/c1-2-24-16(23)10-3-5-11(6-4-10)25-12-7-8-13(15(21)22)14(9-12)17(18,19)20/h7-11H,2-6H2,1H3,(H,21,22). The minimum absolute atomic E-state index is 0.0306. The Balaban J connectivity index is 2.04. The zero-order chi connectivity index (χ0) is 18.6. The number of rotatable bonds is 5. The molecule has 0 aliphatic heterocycles. The average Bonchev–Trinajstić information content (AvgIpc) is 2.54. The van der Waals surface area contributed by atoms with E-state index in [1.165, 1.54) is 6.07 Å². The number of carbonyl (C=O) groups is 2. The lowest BCUT2D eigenvalue weighted by Crippen LogP contribution is -2.29. The number of aromatic carboxylic acids is 1. The van der Waals surface area contributed by atoms with Gasteiger partial charge >= 0.3 is 18.1 Å². The topological polar surface area (TPSA) is 72.8 Å². The Morgan fingerprint density at radius 3 is 2.36 bits per heavy atom. The maximum absolute atomic E-state index is 13.0. The van der Waals surface area contributed by atoms with Gasteiger partial charge in [0.1, 0.15) is 5.75 Å². The van der Waals surface area contributed by atoms with E-state index in [1.54, 1.807) is 6.92 Å². The molecule has 0 bridgehead atoms. The van der Waals surface area contributed by atoms with E-state index < -0.39 is 23.3 Å². The molecule has 1 saturated carbocycles. The largest absolute Gasteiger partial charge is 0.490 e. The number of carbonyl (C=O) groups excluding carboxylic acids is 1. The Bertz CT molecular complexity index is 634. The molecule has 0 atom stereocenters. The second-order valence-electron chi connectivity index (χ2n) is 5.85. The highest BCUT2D eigenvalue weighted by Gasteiger charge is 2.36. The summed E-state index contributed by atoms with van der Waals surface area (Å²) < 4.78 is 49.6. The van der Waals surface area contributed by atoms with E-state index in [2.05, 4.69) is 0 Å². The summed E-state index contributed by atoms with van der Waals surface area (Å²) in [7, 11) is 0. The molecule has 1 fully saturated rings. The molecule has 8 heteroatoms. The van der Waals surface area contributed by atoms with Gasteiger partial charge in [-0.1, -0.05) is 0 Å². The third-order valence-corrected chi connectivity index (χ3v) is 4.12. The van der Waals surface area contributed by atoms with Crippen molar-refractivity contribution >= 4 is 11.9 Å². The summed E-state index contributed by atoms with van der Waals surface area (Å²) in [6.45, 7) is 2.04. The van der Waals surface area contributed by atoms with Crippen LogP contribution in [0.2, 0.25) is 0 Å². The van der Waals surface area contributed by atoms with E-state index in [0.717, 1.165) is 6.07 Å². The maximum atomic E-state index is 13.0. The molecule has 0 spiro atoms. The smallest absolute Gasteiger partial charge is 0.417 e. The molecule has 1 aromatic rings. The minimum atomic E-state index is -4.78. The number of alkyl halides is 3. The highest BCUT2D eigenvalue weighted by atomic mass is 19.4. The van der Waals surface area contributed by atoms with Crippen molar-refractivity contribution in [3.8, 4) is 5.75 Å². The molecule has 0 heterocycles. The van der Waals surface area contributed by atoms with Gasteiger partial charge in [0.2, 0.25) is 0 Å². The third kappa shape index (κ3) is 4.87. The monoisotopic (exact) mass is 360 g/mol. The van der Waals surface area contributed by atoms with E-state index in [-0.39, 0.29) is 23.7 Å². The molecule has 138 valence electrons. The van der Waals surface area contributed by atoms with Crippen molar-refractivity contribution in [2.45, 2.75) is 44.9 Å². The first-order valence-electron chi connectivity index (χ1n) is 8.00. The number of halogens is 3. The van der Waals surface area contributed by atoms with Gasteiger partial charge in [-0.3, -0.25) is 4.79 Å². The van der Waals surface area contributed by atoms with Gasteiger partial charge in [-0.2, -0.15) is 13.2 Å². The maximum Gasteiger partial charge on any atom is 0.417 e. The van der Waals surface area contributed by atoms with Gasteiger partial charge in [-0.15, -0.1) is 0 Å². The molecule has 0 aromatic heterocycles. The third-order valence-electron chi connectivity index (χ3n) is 4.12. The van der Waals surface area contributed by atoms with Gasteiger partial charge < -0.3 is 14.6 Å². The highest BCUT2D eigenvalue weighted by molar-refractivity contribution is 5.89. The van der Waals surface area contributed by atoms with Crippen LogP contribution in [0.4, 0.5) is 13.2 Å². The van der Waals surface area contributed by atoms with Crippen molar-refractivity contribution in [3.05, 3.63) is 29.3 Å². The molecule has 1 N–H and O–H groups in total. The summed E-state index contributed by atoms with van der Waals surface area (Å²) in [6, 6.07) is 2.82. The Labute approximate surface area is 142 Å². The van der Waals surface area contributed by atoms with Crippen molar-refractivity contribution in [1.82, 2.24) is 0 Å². The minimum Gasteiger partial charge on any atom is -0.490 e. The zero-order valence-corrected chi connectivity index (χ0v) is 13.6. The Morgan fingerprint density at radius 2 is 1.84 bits per heavy atom. The first kappa shape index (κ1) is 19.1. The SMILES string of the molecule is CCOC(=O)C1CCC(Oc2ccc(C(=O)O)c(C(F)(F)F)c2)CC1. The van der Waals surface area contributed by atoms with Crippen molar-refractivity contribution in [2.75, 3.05) is 6.61 Å². The first-order chi connectivity index (χ1) is 11.7. The molecule has 2 rings (SSSR count). The second-order valence-corrected chi connectivity index (χ2v) is 5.85. The summed E-state index contributed by atoms with van der Waals surface area (Å²) in [4.78, 5) is 22.6. The summed E-state index contributed by atoms with van der Waals surface area (Å²) in [5.74, 6) is -2.14. The van der Waals surface area contributed by atoms with E-state index in [9.17, 15) is 22.8 Å². The average molecular weight is 360 g/mol. The lowest BCUT2D eigenvalue weighted by atomic mass is 9.87. The molecule has 25 heavy (non-hydrogen) atoms. The van der Waals surface area contributed by atoms with Gasteiger partial charge in [-0.05, 0) is 50.8 Å². The van der Waals surface area contributed by atoms with Crippen LogP contribution in [0, 0.1) is 5.92 Å². The lowest BCUT2D eigenvalue weighted by molar-refractivity contribution is -0.149. The van der Waals surface area contributed by atoms with Crippen molar-refractivity contribution in [3.63, 3.8) is 0 Å². The summed E-state index contributed by atoms with van der Waals surface area (Å²) in [5, 5.41) is 8.88. The van der Waals surface area contributed by atoms with E-state index in [1.807, 2.05) is 0 Å². The molecular formula is C17H19F3O5. The van der Waals surface area contributed by atoms with Crippen LogP contribution in [0.25, 0.3) is 0 Å². The van der Waals surface area contributed by atoms with Gasteiger partial charge in [-0.25, -0.2) is 4.79 Å². The predicted molar refractivity (Wildman–Crippen MR) is 81.4 cm³/mol. The quantitative estimate of drug-likeness (QED) is 0.806. The molecule has 0 radical (unpaired) electrons. The van der Waals surface area contributed by atoms with Crippen LogP contribution < -0.4 is 4.74 Å². The van der Waals surface area contributed by atoms with Gasteiger partial charge in [0.05, 0.1) is 29.8 Å². The van der Waals surface area contributed by atoms with Gasteiger partial charge in [0, 0.05) is 0 Å². The van der Waals surface area contributed by atoms with Crippen LogP contribution in [-0.2, 0) is 15.7 Å². The number of carboxylic acid groups (broad SMARTS) is 1. The number of hydrogen-bond acceptors (Lipinski definition) is 4. The van der Waals surface area contributed by atoms with E-state index in [0.29, 0.717) is 38.4 Å².